The molecular weight excluding hydrogens is 297 g/mol. The van der Waals surface area contributed by atoms with Crippen LogP contribution in [0.5, 0.6) is 5.75 Å². The Morgan fingerprint density at radius 1 is 1.20 bits per heavy atom. The van der Waals surface area contributed by atoms with Gasteiger partial charge in [0.15, 0.2) is 5.65 Å². The van der Waals surface area contributed by atoms with Crippen LogP contribution < -0.4 is 4.74 Å². The van der Waals surface area contributed by atoms with E-state index < -0.39 is 0 Å². The molecule has 3 aromatic rings. The fourth-order valence-corrected chi connectivity index (χ4v) is 2.29. The summed E-state index contributed by atoms with van der Waals surface area (Å²) in [6.45, 7) is 0. The molecule has 2 heterocycles. The molecule has 0 saturated heterocycles. The van der Waals surface area contributed by atoms with Crippen molar-refractivity contribution in [3.63, 3.8) is 0 Å². The van der Waals surface area contributed by atoms with Gasteiger partial charge in [-0.05, 0) is 23.8 Å². The third kappa shape index (κ3) is 2.57. The number of rotatable bonds is 3. The fourth-order valence-electron chi connectivity index (χ4n) is 2.01. The molecule has 4 nitrogen and oxygen atoms in total. The summed E-state index contributed by atoms with van der Waals surface area (Å²) in [5.74, 6) is 1.63. The van der Waals surface area contributed by atoms with Crippen LogP contribution in [0.2, 0.25) is 10.2 Å². The van der Waals surface area contributed by atoms with Crippen LogP contribution in [0.4, 0.5) is 0 Å². The van der Waals surface area contributed by atoms with Gasteiger partial charge in [0.25, 0.3) is 0 Å². The SMILES string of the molecule is COc1cccc(Cc2nc3nc(Cl)c(Cl)cc3[nH]2)c1. The third-order valence-electron chi connectivity index (χ3n) is 2.94. The fraction of sp³-hybridized carbons (Fsp3) is 0.143. The van der Waals surface area contributed by atoms with Crippen molar-refractivity contribution in [2.75, 3.05) is 7.11 Å². The summed E-state index contributed by atoms with van der Waals surface area (Å²) in [5.41, 5.74) is 2.44. The lowest BCUT2D eigenvalue weighted by Crippen LogP contribution is -1.91. The number of methoxy groups -OCH3 is 1. The molecule has 0 bridgehead atoms. The minimum atomic E-state index is 0.263. The second-order valence-corrected chi connectivity index (χ2v) is 5.11. The van der Waals surface area contributed by atoms with Crippen LogP contribution in [-0.4, -0.2) is 22.1 Å². The molecule has 2 aromatic heterocycles. The largest absolute Gasteiger partial charge is 0.497 e. The molecule has 1 N–H and O–H groups in total. The van der Waals surface area contributed by atoms with Gasteiger partial charge in [-0.3, -0.25) is 0 Å². The van der Waals surface area contributed by atoms with Crippen molar-refractivity contribution in [1.29, 1.82) is 0 Å². The van der Waals surface area contributed by atoms with Crippen molar-refractivity contribution in [2.45, 2.75) is 6.42 Å². The number of nitrogens with one attached hydrogen (secondary N) is 1. The van der Waals surface area contributed by atoms with E-state index in [4.69, 9.17) is 27.9 Å². The number of aromatic amines is 1. The van der Waals surface area contributed by atoms with Crippen molar-refractivity contribution in [3.8, 4) is 5.75 Å². The lowest BCUT2D eigenvalue weighted by Gasteiger charge is -2.02. The third-order valence-corrected chi connectivity index (χ3v) is 3.61. The van der Waals surface area contributed by atoms with E-state index in [-0.39, 0.29) is 5.15 Å². The first-order valence-electron chi connectivity index (χ1n) is 5.99. The van der Waals surface area contributed by atoms with Gasteiger partial charge < -0.3 is 9.72 Å². The second-order valence-electron chi connectivity index (χ2n) is 4.34. The molecule has 0 atom stereocenters. The maximum atomic E-state index is 5.94. The Bertz CT molecular complexity index is 731. The Morgan fingerprint density at radius 3 is 2.85 bits per heavy atom. The molecule has 6 heteroatoms. The summed E-state index contributed by atoms with van der Waals surface area (Å²) in [6.07, 6.45) is 0.656. The van der Waals surface area contributed by atoms with E-state index in [1.807, 2.05) is 24.3 Å². The van der Waals surface area contributed by atoms with Gasteiger partial charge in [-0.15, -0.1) is 0 Å². The summed E-state index contributed by atoms with van der Waals surface area (Å²) < 4.78 is 5.21. The first kappa shape index (κ1) is 13.2. The minimum absolute atomic E-state index is 0.263. The molecule has 0 amide bonds. The molecule has 0 fully saturated rings. The monoisotopic (exact) mass is 307 g/mol. The minimum Gasteiger partial charge on any atom is -0.497 e. The normalized spacial score (nSPS) is 10.9. The van der Waals surface area contributed by atoms with Gasteiger partial charge in [0.05, 0.1) is 17.6 Å². The van der Waals surface area contributed by atoms with Gasteiger partial charge in [-0.1, -0.05) is 35.3 Å². The number of imidazole rings is 1. The van der Waals surface area contributed by atoms with E-state index in [0.29, 0.717) is 17.1 Å². The molecule has 102 valence electrons. The highest BCUT2D eigenvalue weighted by Gasteiger charge is 2.09. The highest BCUT2D eigenvalue weighted by molar-refractivity contribution is 6.41. The van der Waals surface area contributed by atoms with E-state index in [9.17, 15) is 0 Å². The Labute approximate surface area is 125 Å². The zero-order valence-corrected chi connectivity index (χ0v) is 12.2. The molecule has 0 aliphatic heterocycles. The first-order valence-corrected chi connectivity index (χ1v) is 6.75. The molecule has 0 spiro atoms. The van der Waals surface area contributed by atoms with Crippen molar-refractivity contribution in [2.24, 2.45) is 0 Å². The van der Waals surface area contributed by atoms with Crippen molar-refractivity contribution in [1.82, 2.24) is 15.0 Å². The number of H-pyrrole nitrogens is 1. The van der Waals surface area contributed by atoms with Crippen molar-refractivity contribution < 1.29 is 4.74 Å². The summed E-state index contributed by atoms with van der Waals surface area (Å²) >= 11 is 11.8. The Morgan fingerprint density at radius 2 is 2.05 bits per heavy atom. The predicted octanol–water partition coefficient (Wildman–Crippen LogP) is 3.86. The number of halogens is 2. The van der Waals surface area contributed by atoms with Crippen LogP contribution >= 0.6 is 23.2 Å². The molecule has 0 radical (unpaired) electrons. The number of pyridine rings is 1. The topological polar surface area (TPSA) is 50.8 Å². The molecule has 20 heavy (non-hydrogen) atoms. The van der Waals surface area contributed by atoms with Gasteiger partial charge in [0, 0.05) is 6.42 Å². The van der Waals surface area contributed by atoms with Crippen molar-refractivity contribution in [3.05, 3.63) is 51.9 Å². The number of benzene rings is 1. The van der Waals surface area contributed by atoms with Crippen LogP contribution in [-0.2, 0) is 6.42 Å². The van der Waals surface area contributed by atoms with Crippen LogP contribution in [0.25, 0.3) is 11.2 Å². The smallest absolute Gasteiger partial charge is 0.179 e. The molecule has 3 rings (SSSR count). The average molecular weight is 308 g/mol. The Kier molecular flexibility index (Phi) is 3.51. The van der Waals surface area contributed by atoms with E-state index in [1.54, 1.807) is 13.2 Å². The Hall–Kier alpha value is -1.78. The lowest BCUT2D eigenvalue weighted by molar-refractivity contribution is 0.414. The van der Waals surface area contributed by atoms with Gasteiger partial charge in [-0.2, -0.15) is 0 Å². The summed E-state index contributed by atoms with van der Waals surface area (Å²) in [6, 6.07) is 9.57. The number of fused-ring (bicyclic) bond motifs is 1. The summed E-state index contributed by atoms with van der Waals surface area (Å²) in [5, 5.41) is 0.675. The number of aromatic nitrogens is 3. The lowest BCUT2D eigenvalue weighted by atomic mass is 10.1. The zero-order valence-electron chi connectivity index (χ0n) is 10.7. The van der Waals surface area contributed by atoms with Crippen LogP contribution in [0.3, 0.4) is 0 Å². The molecule has 1 aromatic carbocycles. The highest BCUT2D eigenvalue weighted by Crippen LogP contribution is 2.24. The van der Waals surface area contributed by atoms with Gasteiger partial charge in [-0.25, -0.2) is 9.97 Å². The summed E-state index contributed by atoms with van der Waals surface area (Å²) in [4.78, 5) is 11.7. The number of ether oxygens (including phenoxy) is 1. The second kappa shape index (κ2) is 5.31. The number of hydrogen-bond acceptors (Lipinski definition) is 3. The standard InChI is InChI=1S/C14H11Cl2N3O/c1-20-9-4-2-3-8(5-9)6-12-17-11-7-10(15)13(16)19-14(11)18-12/h2-5,7H,6H2,1H3,(H,17,18,19). The van der Waals surface area contributed by atoms with Crippen LogP contribution in [0, 0.1) is 0 Å². The molecule has 0 unspecified atom stereocenters. The predicted molar refractivity (Wildman–Crippen MR) is 79.7 cm³/mol. The maximum absolute atomic E-state index is 5.94. The quantitative estimate of drug-likeness (QED) is 0.747. The molecular formula is C14H11Cl2N3O. The van der Waals surface area contributed by atoms with Crippen LogP contribution in [0.1, 0.15) is 11.4 Å². The van der Waals surface area contributed by atoms with Gasteiger partial charge in [0.1, 0.15) is 16.7 Å². The average Bonchev–Trinajstić information content (AvgIpc) is 2.80. The van der Waals surface area contributed by atoms with E-state index in [1.165, 1.54) is 0 Å². The zero-order chi connectivity index (χ0) is 14.1. The number of nitrogens with zero attached hydrogens (tertiary/aromatic N) is 2. The maximum Gasteiger partial charge on any atom is 0.179 e. The van der Waals surface area contributed by atoms with Gasteiger partial charge in [0.2, 0.25) is 0 Å². The van der Waals surface area contributed by atoms with Crippen molar-refractivity contribution >= 4 is 34.4 Å². The first-order chi connectivity index (χ1) is 9.65. The van der Waals surface area contributed by atoms with E-state index >= 15 is 0 Å². The van der Waals surface area contributed by atoms with E-state index in [0.717, 1.165) is 22.7 Å². The van der Waals surface area contributed by atoms with Crippen LogP contribution in [0.15, 0.2) is 30.3 Å². The number of hydrogen-bond donors (Lipinski definition) is 1. The summed E-state index contributed by atoms with van der Waals surface area (Å²) in [7, 11) is 1.65. The van der Waals surface area contributed by atoms with Gasteiger partial charge >= 0.3 is 0 Å². The Balaban J connectivity index is 1.94. The molecule has 0 saturated carbocycles. The molecule has 0 aliphatic rings. The van der Waals surface area contributed by atoms with E-state index in [2.05, 4.69) is 15.0 Å². The highest BCUT2D eigenvalue weighted by atomic mass is 35.5. The molecule has 0 aliphatic carbocycles.